The summed E-state index contributed by atoms with van der Waals surface area (Å²) in [6.07, 6.45) is 1.67. The Balaban J connectivity index is 1.62. The quantitative estimate of drug-likeness (QED) is 0.468. The molecule has 0 radical (unpaired) electrons. The molecule has 5 aromatic rings. The van der Waals surface area contributed by atoms with Crippen molar-refractivity contribution in [1.82, 2.24) is 19.7 Å². The van der Waals surface area contributed by atoms with E-state index in [1.54, 1.807) is 10.8 Å². The second kappa shape index (κ2) is 7.16. The fraction of sp³-hybridized carbons (Fsp3) is 0.0435. The third kappa shape index (κ3) is 3.21. The molecule has 0 N–H and O–H groups in total. The van der Waals surface area contributed by atoms with E-state index in [1.165, 1.54) is 0 Å². The Morgan fingerprint density at radius 1 is 0.828 bits per heavy atom. The molecule has 5 rings (SSSR count). The highest BCUT2D eigenvalue weighted by atomic mass is 16.4. The van der Waals surface area contributed by atoms with Crippen molar-refractivity contribution in [2.24, 2.45) is 0 Å². The third-order valence-corrected chi connectivity index (χ3v) is 4.71. The number of aromatic nitrogens is 4. The summed E-state index contributed by atoms with van der Waals surface area (Å²) in [7, 11) is 0. The lowest BCUT2D eigenvalue weighted by Crippen LogP contribution is -2.23. The largest absolute Gasteiger partial charge is 0.419 e. The number of rotatable bonds is 4. The van der Waals surface area contributed by atoms with Gasteiger partial charge in [0.2, 0.25) is 11.8 Å². The molecular formula is C23H16N4O2. The zero-order valence-corrected chi connectivity index (χ0v) is 15.4. The minimum atomic E-state index is -0.151. The monoisotopic (exact) mass is 380 g/mol. The van der Waals surface area contributed by atoms with Crippen LogP contribution in [0.2, 0.25) is 0 Å². The molecule has 0 atom stereocenters. The maximum atomic E-state index is 13.3. The topological polar surface area (TPSA) is 73.8 Å². The highest BCUT2D eigenvalue weighted by Crippen LogP contribution is 2.21. The summed E-state index contributed by atoms with van der Waals surface area (Å²) in [6, 6.07) is 24.8. The Bertz CT molecular complexity index is 1340. The average molecular weight is 380 g/mol. The first-order valence-corrected chi connectivity index (χ1v) is 9.21. The van der Waals surface area contributed by atoms with E-state index in [9.17, 15) is 4.79 Å². The van der Waals surface area contributed by atoms with E-state index < -0.39 is 0 Å². The van der Waals surface area contributed by atoms with Gasteiger partial charge in [0.05, 0.1) is 0 Å². The van der Waals surface area contributed by atoms with Crippen molar-refractivity contribution < 1.29 is 4.42 Å². The molecule has 6 nitrogen and oxygen atoms in total. The normalized spacial score (nSPS) is 11.0. The molecular weight excluding hydrogens is 364 g/mol. The average Bonchev–Trinajstić information content (AvgIpc) is 3.25. The second-order valence-electron chi connectivity index (χ2n) is 6.60. The van der Waals surface area contributed by atoms with Crippen molar-refractivity contribution in [3.05, 3.63) is 101 Å². The number of hydrogen-bond donors (Lipinski definition) is 0. The van der Waals surface area contributed by atoms with Crippen molar-refractivity contribution in [3.63, 3.8) is 0 Å². The fourth-order valence-electron chi connectivity index (χ4n) is 3.33. The van der Waals surface area contributed by atoms with Crippen molar-refractivity contribution >= 4 is 11.0 Å². The van der Waals surface area contributed by atoms with Gasteiger partial charge >= 0.3 is 0 Å². The van der Waals surface area contributed by atoms with Gasteiger partial charge in [-0.05, 0) is 35.9 Å². The lowest BCUT2D eigenvalue weighted by molar-refractivity contribution is 0.488. The summed E-state index contributed by atoms with van der Waals surface area (Å²) < 4.78 is 7.40. The molecule has 0 aliphatic carbocycles. The van der Waals surface area contributed by atoms with Gasteiger partial charge in [-0.2, -0.15) is 0 Å². The van der Waals surface area contributed by atoms with Gasteiger partial charge in [-0.25, -0.2) is 4.98 Å². The third-order valence-electron chi connectivity index (χ3n) is 4.71. The molecule has 0 unspecified atom stereocenters. The van der Waals surface area contributed by atoms with Crippen LogP contribution in [0.5, 0.6) is 0 Å². The molecule has 0 fully saturated rings. The van der Waals surface area contributed by atoms with Crippen LogP contribution in [0.3, 0.4) is 0 Å². The van der Waals surface area contributed by atoms with Crippen LogP contribution >= 0.6 is 0 Å². The molecule has 0 amide bonds. The van der Waals surface area contributed by atoms with Crippen LogP contribution in [0.25, 0.3) is 33.6 Å². The first-order valence-electron chi connectivity index (χ1n) is 9.21. The van der Waals surface area contributed by atoms with Crippen LogP contribution in [0.4, 0.5) is 0 Å². The number of nitrogens with zero attached hydrogens (tertiary/aromatic N) is 4. The summed E-state index contributed by atoms with van der Waals surface area (Å²) in [6.45, 7) is 0.146. The zero-order chi connectivity index (χ0) is 19.6. The van der Waals surface area contributed by atoms with Gasteiger partial charge in [0.15, 0.2) is 0 Å². The van der Waals surface area contributed by atoms with Gasteiger partial charge in [0.25, 0.3) is 5.56 Å². The van der Waals surface area contributed by atoms with E-state index in [-0.39, 0.29) is 12.1 Å². The van der Waals surface area contributed by atoms with Crippen LogP contribution in [-0.4, -0.2) is 19.7 Å². The number of pyridine rings is 2. The van der Waals surface area contributed by atoms with Gasteiger partial charge in [-0.3, -0.25) is 9.36 Å². The first-order chi connectivity index (χ1) is 14.3. The highest BCUT2D eigenvalue weighted by molar-refractivity contribution is 5.81. The van der Waals surface area contributed by atoms with Gasteiger partial charge in [-0.15, -0.1) is 10.2 Å². The predicted octanol–water partition coefficient (Wildman–Crippen LogP) is 4.16. The molecule has 0 aliphatic heterocycles. The van der Waals surface area contributed by atoms with E-state index in [4.69, 9.17) is 4.42 Å². The van der Waals surface area contributed by atoms with Crippen molar-refractivity contribution in [2.45, 2.75) is 6.54 Å². The number of fused-ring (bicyclic) bond motifs is 1. The molecule has 2 aromatic carbocycles. The van der Waals surface area contributed by atoms with E-state index in [2.05, 4.69) is 15.2 Å². The molecule has 140 valence electrons. The zero-order valence-electron chi connectivity index (χ0n) is 15.4. The first kappa shape index (κ1) is 17.1. The van der Waals surface area contributed by atoms with Gasteiger partial charge in [0, 0.05) is 22.7 Å². The molecule has 0 spiro atoms. The highest BCUT2D eigenvalue weighted by Gasteiger charge is 2.15. The van der Waals surface area contributed by atoms with E-state index in [0.29, 0.717) is 23.0 Å². The Labute approximate surface area is 166 Å². The van der Waals surface area contributed by atoms with E-state index in [1.807, 2.05) is 78.9 Å². The van der Waals surface area contributed by atoms with Crippen molar-refractivity contribution in [2.75, 3.05) is 0 Å². The minimum Gasteiger partial charge on any atom is -0.419 e. The summed E-state index contributed by atoms with van der Waals surface area (Å²) in [5.41, 5.74) is 2.72. The standard InChI is InChI=1S/C23H16N4O2/c28-23-19(16-8-3-1-4-9-16)14-18-12-7-13-24-21(18)27(23)15-20-25-26-22(29-20)17-10-5-2-6-11-17/h1-14H,15H2. The predicted molar refractivity (Wildman–Crippen MR) is 110 cm³/mol. The lowest BCUT2D eigenvalue weighted by Gasteiger charge is -2.10. The van der Waals surface area contributed by atoms with Crippen molar-refractivity contribution in [3.8, 4) is 22.6 Å². The number of benzene rings is 2. The summed E-state index contributed by atoms with van der Waals surface area (Å²) in [5, 5.41) is 9.12. The number of hydrogen-bond acceptors (Lipinski definition) is 5. The summed E-state index contributed by atoms with van der Waals surface area (Å²) in [4.78, 5) is 17.7. The van der Waals surface area contributed by atoms with Gasteiger partial charge < -0.3 is 4.42 Å². The Hall–Kier alpha value is -4.06. The molecule has 0 saturated heterocycles. The maximum absolute atomic E-state index is 13.3. The molecule has 29 heavy (non-hydrogen) atoms. The van der Waals surface area contributed by atoms with E-state index in [0.717, 1.165) is 16.5 Å². The lowest BCUT2D eigenvalue weighted by atomic mass is 10.1. The maximum Gasteiger partial charge on any atom is 0.260 e. The van der Waals surface area contributed by atoms with Gasteiger partial charge in [-0.1, -0.05) is 48.5 Å². The molecule has 0 bridgehead atoms. The summed E-state index contributed by atoms with van der Waals surface area (Å²) in [5.74, 6) is 0.772. The van der Waals surface area contributed by atoms with E-state index >= 15 is 0 Å². The smallest absolute Gasteiger partial charge is 0.260 e. The molecule has 0 aliphatic rings. The molecule has 0 saturated carbocycles. The molecule has 3 heterocycles. The van der Waals surface area contributed by atoms with Crippen LogP contribution in [0.15, 0.2) is 94.3 Å². The molecule has 6 heteroatoms. The SMILES string of the molecule is O=c1c(-c2ccccc2)cc2cccnc2n1Cc1nnc(-c2ccccc2)o1. The van der Waals surface area contributed by atoms with Crippen LogP contribution in [0, 0.1) is 0 Å². The Morgan fingerprint density at radius 2 is 1.55 bits per heavy atom. The van der Waals surface area contributed by atoms with Crippen molar-refractivity contribution in [1.29, 1.82) is 0 Å². The fourth-order valence-corrected chi connectivity index (χ4v) is 3.33. The van der Waals surface area contributed by atoms with Gasteiger partial charge in [0.1, 0.15) is 12.2 Å². The Morgan fingerprint density at radius 3 is 2.31 bits per heavy atom. The second-order valence-corrected chi connectivity index (χ2v) is 6.60. The minimum absolute atomic E-state index is 0.146. The summed E-state index contributed by atoms with van der Waals surface area (Å²) >= 11 is 0. The van der Waals surface area contributed by atoms with Crippen LogP contribution in [-0.2, 0) is 6.54 Å². The Kier molecular flexibility index (Phi) is 4.22. The van der Waals surface area contributed by atoms with Crippen LogP contribution < -0.4 is 5.56 Å². The molecule has 3 aromatic heterocycles. The van der Waals surface area contributed by atoms with Crippen LogP contribution in [0.1, 0.15) is 5.89 Å².